The van der Waals surface area contributed by atoms with Crippen LogP contribution in [0.4, 0.5) is 10.2 Å². The largest absolute Gasteiger partial charge is 0.363 e. The molecule has 1 amide bonds. The Morgan fingerprint density at radius 1 is 1.42 bits per heavy atom. The molecular weight excluding hydrogens is 359 g/mol. The van der Waals surface area contributed by atoms with Gasteiger partial charge in [0.2, 0.25) is 5.91 Å². The van der Waals surface area contributed by atoms with Crippen LogP contribution in [-0.4, -0.2) is 49.9 Å². The third-order valence-electron chi connectivity index (χ3n) is 4.46. The lowest BCUT2D eigenvalue weighted by Crippen LogP contribution is -2.30. The van der Waals surface area contributed by atoms with Gasteiger partial charge in [0.1, 0.15) is 5.65 Å². The van der Waals surface area contributed by atoms with Crippen LogP contribution in [0.3, 0.4) is 0 Å². The molecule has 1 unspecified atom stereocenters. The van der Waals surface area contributed by atoms with E-state index in [1.807, 2.05) is 0 Å². The summed E-state index contributed by atoms with van der Waals surface area (Å²) in [5.41, 5.74) is 1.34. The number of pyridine rings is 1. The molecule has 9 heteroatoms. The lowest BCUT2D eigenvalue weighted by atomic mass is 10.2. The number of carbonyl (C=O) groups excluding carboxylic acids is 1. The van der Waals surface area contributed by atoms with E-state index in [0.717, 1.165) is 18.0 Å². The average molecular weight is 375 g/mol. The second-order valence-electron chi connectivity index (χ2n) is 6.24. The van der Waals surface area contributed by atoms with Gasteiger partial charge in [-0.05, 0) is 12.5 Å². The minimum absolute atomic E-state index is 0.0151. The number of likely N-dealkylation sites (tertiary alicyclic amines) is 1. The van der Waals surface area contributed by atoms with Crippen LogP contribution in [-0.2, 0) is 4.79 Å². The summed E-state index contributed by atoms with van der Waals surface area (Å²) in [5.74, 6) is -0.0345. The zero-order valence-corrected chi connectivity index (χ0v) is 14.7. The Balaban J connectivity index is 1.64. The van der Waals surface area contributed by atoms with E-state index in [4.69, 9.17) is 11.6 Å². The molecule has 1 aliphatic heterocycles. The second-order valence-corrected chi connectivity index (χ2v) is 6.67. The van der Waals surface area contributed by atoms with E-state index in [1.165, 1.54) is 6.92 Å². The third kappa shape index (κ3) is 3.08. The van der Waals surface area contributed by atoms with Crippen LogP contribution in [0.2, 0.25) is 5.02 Å². The van der Waals surface area contributed by atoms with Crippen molar-refractivity contribution in [1.29, 1.82) is 0 Å². The molecule has 7 nitrogen and oxygen atoms in total. The fraction of sp³-hybridized carbons (Fsp3) is 0.294. The molecule has 3 aromatic heterocycles. The first-order valence-electron chi connectivity index (χ1n) is 8.19. The highest BCUT2D eigenvalue weighted by Gasteiger charge is 2.25. The number of rotatable bonds is 3. The van der Waals surface area contributed by atoms with Crippen LogP contribution in [0.5, 0.6) is 0 Å². The Hall–Kier alpha value is -2.74. The molecule has 2 N–H and O–H groups in total. The molecule has 1 atom stereocenters. The van der Waals surface area contributed by atoms with Crippen LogP contribution in [0.1, 0.15) is 13.3 Å². The molecule has 4 rings (SSSR count). The highest BCUT2D eigenvalue weighted by atomic mass is 35.5. The monoisotopic (exact) mass is 374 g/mol. The van der Waals surface area contributed by atoms with Crippen LogP contribution in [0.25, 0.3) is 22.4 Å². The minimum atomic E-state index is -0.536. The molecule has 1 saturated heterocycles. The standard InChI is InChI=1S/C17H16ClFN6O/c1-9(26)25-3-2-11(8-25)23-17-14(19)7-22-16(24-17)13-6-21-15-12(13)4-10(18)5-20-15/h4-7,11H,2-3,8H2,1H3,(H,20,21)(H,22,23,24). The summed E-state index contributed by atoms with van der Waals surface area (Å²) in [6, 6.07) is 1.72. The molecular formula is C17H16ClFN6O. The molecule has 0 spiro atoms. The van der Waals surface area contributed by atoms with E-state index in [2.05, 4.69) is 25.3 Å². The van der Waals surface area contributed by atoms with E-state index < -0.39 is 5.82 Å². The Morgan fingerprint density at radius 3 is 3.04 bits per heavy atom. The number of amides is 1. The molecule has 4 heterocycles. The molecule has 0 saturated carbocycles. The zero-order chi connectivity index (χ0) is 18.3. The Bertz CT molecular complexity index is 991. The van der Waals surface area contributed by atoms with E-state index in [0.29, 0.717) is 35.1 Å². The van der Waals surface area contributed by atoms with Crippen molar-refractivity contribution >= 4 is 34.4 Å². The quantitative estimate of drug-likeness (QED) is 0.736. The van der Waals surface area contributed by atoms with Gasteiger partial charge in [-0.2, -0.15) is 0 Å². The van der Waals surface area contributed by atoms with Crippen LogP contribution in [0, 0.1) is 5.82 Å². The van der Waals surface area contributed by atoms with Crippen molar-refractivity contribution < 1.29 is 9.18 Å². The molecule has 1 aliphatic rings. The maximum absolute atomic E-state index is 14.2. The highest BCUT2D eigenvalue weighted by Crippen LogP contribution is 2.28. The van der Waals surface area contributed by atoms with Gasteiger partial charge in [-0.3, -0.25) is 4.79 Å². The number of aromatic amines is 1. The predicted molar refractivity (Wildman–Crippen MR) is 96.4 cm³/mol. The lowest BCUT2D eigenvalue weighted by molar-refractivity contribution is -0.127. The number of H-pyrrole nitrogens is 1. The third-order valence-corrected chi connectivity index (χ3v) is 4.66. The lowest BCUT2D eigenvalue weighted by Gasteiger charge is -2.16. The zero-order valence-electron chi connectivity index (χ0n) is 14.0. The average Bonchev–Trinajstić information content (AvgIpc) is 3.23. The van der Waals surface area contributed by atoms with Gasteiger partial charge in [-0.15, -0.1) is 0 Å². The number of nitrogens with one attached hydrogen (secondary N) is 2. The number of carbonyl (C=O) groups is 1. The molecule has 0 radical (unpaired) electrons. The fourth-order valence-electron chi connectivity index (χ4n) is 3.12. The minimum Gasteiger partial charge on any atom is -0.363 e. The van der Waals surface area contributed by atoms with E-state index in [1.54, 1.807) is 23.4 Å². The highest BCUT2D eigenvalue weighted by molar-refractivity contribution is 6.31. The summed E-state index contributed by atoms with van der Waals surface area (Å²) in [4.78, 5) is 28.8. The van der Waals surface area contributed by atoms with E-state index >= 15 is 0 Å². The summed E-state index contributed by atoms with van der Waals surface area (Å²) in [6.45, 7) is 2.71. The second kappa shape index (κ2) is 6.53. The van der Waals surface area contributed by atoms with Gasteiger partial charge in [0.05, 0.1) is 11.2 Å². The van der Waals surface area contributed by atoms with Crippen LogP contribution in [0.15, 0.2) is 24.7 Å². The Morgan fingerprint density at radius 2 is 2.27 bits per heavy atom. The fourth-order valence-corrected chi connectivity index (χ4v) is 3.28. The maximum atomic E-state index is 14.2. The van der Waals surface area contributed by atoms with Crippen molar-refractivity contribution in [2.45, 2.75) is 19.4 Å². The summed E-state index contributed by atoms with van der Waals surface area (Å²) >= 11 is 6.02. The Kier molecular flexibility index (Phi) is 4.20. The number of hydrogen-bond donors (Lipinski definition) is 2. The normalized spacial score (nSPS) is 17.0. The van der Waals surface area contributed by atoms with Gasteiger partial charge < -0.3 is 15.2 Å². The number of fused-ring (bicyclic) bond motifs is 1. The van der Waals surface area contributed by atoms with Crippen molar-refractivity contribution in [3.05, 3.63) is 35.5 Å². The number of aromatic nitrogens is 4. The van der Waals surface area contributed by atoms with Crippen LogP contribution < -0.4 is 5.32 Å². The molecule has 0 aliphatic carbocycles. The number of nitrogens with zero attached hydrogens (tertiary/aromatic N) is 4. The molecule has 26 heavy (non-hydrogen) atoms. The van der Waals surface area contributed by atoms with Gasteiger partial charge in [0.25, 0.3) is 0 Å². The number of anilines is 1. The SMILES string of the molecule is CC(=O)N1CCC(Nc2nc(-c3c[nH]c4ncc(Cl)cc34)ncc2F)C1. The maximum Gasteiger partial charge on any atom is 0.219 e. The van der Waals surface area contributed by atoms with Gasteiger partial charge >= 0.3 is 0 Å². The van der Waals surface area contributed by atoms with Crippen molar-refractivity contribution in [2.24, 2.45) is 0 Å². The van der Waals surface area contributed by atoms with Crippen molar-refractivity contribution in [1.82, 2.24) is 24.8 Å². The van der Waals surface area contributed by atoms with Gasteiger partial charge in [0.15, 0.2) is 17.5 Å². The van der Waals surface area contributed by atoms with Gasteiger partial charge in [-0.25, -0.2) is 19.3 Å². The number of hydrogen-bond acceptors (Lipinski definition) is 5. The molecule has 1 fully saturated rings. The van der Waals surface area contributed by atoms with Crippen molar-refractivity contribution in [3.8, 4) is 11.4 Å². The summed E-state index contributed by atoms with van der Waals surface area (Å²) in [7, 11) is 0. The Labute approximate surface area is 153 Å². The first kappa shape index (κ1) is 16.7. The van der Waals surface area contributed by atoms with Crippen molar-refractivity contribution in [3.63, 3.8) is 0 Å². The molecule has 0 bridgehead atoms. The smallest absolute Gasteiger partial charge is 0.219 e. The van der Waals surface area contributed by atoms with Crippen LogP contribution >= 0.6 is 11.6 Å². The summed E-state index contributed by atoms with van der Waals surface area (Å²) in [5, 5.41) is 4.34. The summed E-state index contributed by atoms with van der Waals surface area (Å²) in [6.07, 6.45) is 5.14. The van der Waals surface area contributed by atoms with Gasteiger partial charge in [-0.1, -0.05) is 11.6 Å². The first-order chi connectivity index (χ1) is 12.5. The predicted octanol–water partition coefficient (Wildman–Crippen LogP) is 2.85. The first-order valence-corrected chi connectivity index (χ1v) is 8.56. The van der Waals surface area contributed by atoms with Gasteiger partial charge in [0, 0.05) is 49.4 Å². The molecule has 3 aromatic rings. The number of halogens is 2. The van der Waals surface area contributed by atoms with Crippen molar-refractivity contribution in [2.75, 3.05) is 18.4 Å². The molecule has 0 aromatic carbocycles. The molecule has 134 valence electrons. The summed E-state index contributed by atoms with van der Waals surface area (Å²) < 4.78 is 14.2. The van der Waals surface area contributed by atoms with E-state index in [9.17, 15) is 9.18 Å². The topological polar surface area (TPSA) is 86.8 Å². The van der Waals surface area contributed by atoms with E-state index in [-0.39, 0.29) is 17.8 Å².